The van der Waals surface area contributed by atoms with E-state index in [-0.39, 0.29) is 12.4 Å². The third-order valence-corrected chi connectivity index (χ3v) is 6.14. The second-order valence-corrected chi connectivity index (χ2v) is 8.64. The summed E-state index contributed by atoms with van der Waals surface area (Å²) < 4.78 is 14.5. The van der Waals surface area contributed by atoms with E-state index in [1.54, 1.807) is 0 Å². The molecule has 1 saturated carbocycles. The number of benzene rings is 2. The number of carbonyl (C=O) groups excluding carboxylic acids is 1. The van der Waals surface area contributed by atoms with Gasteiger partial charge in [-0.15, -0.1) is 0 Å². The summed E-state index contributed by atoms with van der Waals surface area (Å²) in [6.07, 6.45) is 6.39. The smallest absolute Gasteiger partial charge is 0.310 e. The molecule has 158 valence electrons. The lowest BCUT2D eigenvalue weighted by atomic mass is 9.95. The van der Waals surface area contributed by atoms with Crippen molar-refractivity contribution in [2.75, 3.05) is 6.61 Å². The number of carbonyl (C=O) groups is 1. The van der Waals surface area contributed by atoms with Gasteiger partial charge in [0.1, 0.15) is 18.1 Å². The van der Waals surface area contributed by atoms with Crippen LogP contribution in [0, 0.1) is 0 Å². The van der Waals surface area contributed by atoms with Crippen LogP contribution in [0.3, 0.4) is 0 Å². The van der Waals surface area contributed by atoms with E-state index in [1.807, 2.05) is 31.2 Å². The van der Waals surface area contributed by atoms with Crippen LogP contribution in [0.1, 0.15) is 56.3 Å². The molecule has 6 heteroatoms. The van der Waals surface area contributed by atoms with E-state index in [4.69, 9.17) is 14.6 Å². The maximum Gasteiger partial charge on any atom is 0.310 e. The Hall–Kier alpha value is -2.34. The topological polar surface area (TPSA) is 53.4 Å². The van der Waals surface area contributed by atoms with Crippen LogP contribution in [0.25, 0.3) is 10.9 Å². The third kappa shape index (κ3) is 4.69. The molecule has 5 nitrogen and oxygen atoms in total. The molecule has 0 atom stereocenters. The number of esters is 1. The van der Waals surface area contributed by atoms with Gasteiger partial charge in [-0.05, 0) is 44.0 Å². The lowest BCUT2D eigenvalue weighted by Gasteiger charge is -2.22. The lowest BCUT2D eigenvalue weighted by molar-refractivity contribution is -0.142. The largest absolute Gasteiger partial charge is 0.487 e. The van der Waals surface area contributed by atoms with Crippen molar-refractivity contribution in [1.29, 1.82) is 0 Å². The van der Waals surface area contributed by atoms with Gasteiger partial charge in [0.25, 0.3) is 0 Å². The highest BCUT2D eigenvalue weighted by Gasteiger charge is 2.21. The number of nitrogens with zero attached hydrogens (tertiary/aromatic N) is 2. The van der Waals surface area contributed by atoms with E-state index in [0.29, 0.717) is 25.0 Å². The first-order valence-electron chi connectivity index (χ1n) is 10.7. The highest BCUT2D eigenvalue weighted by Crippen LogP contribution is 2.33. The summed E-state index contributed by atoms with van der Waals surface area (Å²) in [6, 6.07) is 14.4. The SMILES string of the molecule is CCOC(=O)Cc1ccccc1OCc1nn(C2CCCCC2)c2ccc(Br)cc12. The fourth-order valence-corrected chi connectivity index (χ4v) is 4.55. The van der Waals surface area contributed by atoms with Gasteiger partial charge in [-0.25, -0.2) is 0 Å². The number of aromatic nitrogens is 2. The van der Waals surface area contributed by atoms with Crippen molar-refractivity contribution in [3.05, 3.63) is 58.2 Å². The summed E-state index contributed by atoms with van der Waals surface area (Å²) in [5.74, 6) is 0.449. The van der Waals surface area contributed by atoms with Gasteiger partial charge in [0.15, 0.2) is 0 Å². The first kappa shape index (κ1) is 20.9. The molecule has 0 amide bonds. The monoisotopic (exact) mass is 470 g/mol. The molecule has 0 bridgehead atoms. The zero-order valence-corrected chi connectivity index (χ0v) is 18.9. The van der Waals surface area contributed by atoms with E-state index in [0.717, 1.165) is 26.6 Å². The Morgan fingerprint density at radius 2 is 1.97 bits per heavy atom. The Labute approximate surface area is 185 Å². The first-order valence-corrected chi connectivity index (χ1v) is 11.5. The van der Waals surface area contributed by atoms with Gasteiger partial charge in [0, 0.05) is 15.4 Å². The van der Waals surface area contributed by atoms with Crippen LogP contribution in [0.5, 0.6) is 5.75 Å². The van der Waals surface area contributed by atoms with Crippen LogP contribution in [-0.4, -0.2) is 22.4 Å². The number of hydrogen-bond acceptors (Lipinski definition) is 4. The number of rotatable bonds is 7. The minimum atomic E-state index is -0.246. The molecule has 4 rings (SSSR count). The summed E-state index contributed by atoms with van der Waals surface area (Å²) in [7, 11) is 0. The Balaban J connectivity index is 1.59. The number of hydrogen-bond donors (Lipinski definition) is 0. The van der Waals surface area contributed by atoms with Gasteiger partial charge in [-0.1, -0.05) is 53.4 Å². The predicted molar refractivity (Wildman–Crippen MR) is 121 cm³/mol. The molecule has 2 aromatic carbocycles. The molecule has 0 radical (unpaired) electrons. The second-order valence-electron chi connectivity index (χ2n) is 7.72. The van der Waals surface area contributed by atoms with Crippen LogP contribution >= 0.6 is 15.9 Å². The average molecular weight is 471 g/mol. The van der Waals surface area contributed by atoms with Crippen LogP contribution in [-0.2, 0) is 22.6 Å². The summed E-state index contributed by atoms with van der Waals surface area (Å²) in [6.45, 7) is 2.54. The molecular weight excluding hydrogens is 444 g/mol. The van der Waals surface area contributed by atoms with Gasteiger partial charge >= 0.3 is 5.97 Å². The molecule has 0 saturated heterocycles. The Morgan fingerprint density at radius 1 is 1.17 bits per heavy atom. The van der Waals surface area contributed by atoms with Crippen molar-refractivity contribution in [3.8, 4) is 5.75 Å². The molecule has 1 aliphatic carbocycles. The second kappa shape index (κ2) is 9.65. The summed E-state index contributed by atoms with van der Waals surface area (Å²) >= 11 is 3.59. The zero-order chi connectivity index (χ0) is 20.9. The van der Waals surface area contributed by atoms with Crippen molar-refractivity contribution < 1.29 is 14.3 Å². The van der Waals surface area contributed by atoms with Crippen molar-refractivity contribution in [2.24, 2.45) is 0 Å². The maximum atomic E-state index is 11.9. The van der Waals surface area contributed by atoms with Gasteiger partial charge in [-0.2, -0.15) is 5.10 Å². The molecule has 1 aliphatic rings. The predicted octanol–water partition coefficient (Wildman–Crippen LogP) is 5.99. The minimum Gasteiger partial charge on any atom is -0.487 e. The molecule has 30 heavy (non-hydrogen) atoms. The fraction of sp³-hybridized carbons (Fsp3) is 0.417. The van der Waals surface area contributed by atoms with E-state index in [2.05, 4.69) is 38.8 Å². The number of fused-ring (bicyclic) bond motifs is 1. The van der Waals surface area contributed by atoms with E-state index < -0.39 is 0 Å². The van der Waals surface area contributed by atoms with Crippen LogP contribution < -0.4 is 4.74 Å². The first-order chi connectivity index (χ1) is 14.7. The van der Waals surface area contributed by atoms with E-state index >= 15 is 0 Å². The maximum absolute atomic E-state index is 11.9. The Morgan fingerprint density at radius 3 is 2.77 bits per heavy atom. The summed E-state index contributed by atoms with van der Waals surface area (Å²) in [5, 5.41) is 6.08. The minimum absolute atomic E-state index is 0.201. The molecule has 0 spiro atoms. The quantitative estimate of drug-likeness (QED) is 0.398. The summed E-state index contributed by atoms with van der Waals surface area (Å²) in [4.78, 5) is 11.9. The molecule has 1 heterocycles. The molecule has 0 aliphatic heterocycles. The summed E-state index contributed by atoms with van der Waals surface area (Å²) in [5.41, 5.74) is 2.90. The highest BCUT2D eigenvalue weighted by molar-refractivity contribution is 9.10. The number of ether oxygens (including phenoxy) is 2. The Kier molecular flexibility index (Phi) is 6.72. The van der Waals surface area contributed by atoms with Crippen LogP contribution in [0.4, 0.5) is 0 Å². The van der Waals surface area contributed by atoms with E-state index in [9.17, 15) is 4.79 Å². The number of halogens is 1. The van der Waals surface area contributed by atoms with Crippen molar-refractivity contribution in [2.45, 2.75) is 58.1 Å². The van der Waals surface area contributed by atoms with Crippen molar-refractivity contribution in [1.82, 2.24) is 9.78 Å². The zero-order valence-electron chi connectivity index (χ0n) is 17.3. The third-order valence-electron chi connectivity index (χ3n) is 5.64. The van der Waals surface area contributed by atoms with Crippen molar-refractivity contribution >= 4 is 32.8 Å². The average Bonchev–Trinajstić information content (AvgIpc) is 3.11. The molecule has 1 fully saturated rings. The molecule has 3 aromatic rings. The lowest BCUT2D eigenvalue weighted by Crippen LogP contribution is -2.14. The van der Waals surface area contributed by atoms with Gasteiger partial charge < -0.3 is 9.47 Å². The van der Waals surface area contributed by atoms with Gasteiger partial charge in [-0.3, -0.25) is 9.48 Å². The fourth-order valence-electron chi connectivity index (χ4n) is 4.19. The number of para-hydroxylation sites is 1. The molecule has 1 aromatic heterocycles. The van der Waals surface area contributed by atoms with Crippen LogP contribution in [0.15, 0.2) is 46.9 Å². The van der Waals surface area contributed by atoms with Gasteiger partial charge in [0.05, 0.1) is 24.6 Å². The molecular formula is C24H27BrN2O3. The Bertz CT molecular complexity index is 1020. The van der Waals surface area contributed by atoms with E-state index in [1.165, 1.54) is 32.1 Å². The normalized spacial score (nSPS) is 14.7. The highest BCUT2D eigenvalue weighted by atomic mass is 79.9. The molecule has 0 N–H and O–H groups in total. The van der Waals surface area contributed by atoms with Crippen molar-refractivity contribution in [3.63, 3.8) is 0 Å². The van der Waals surface area contributed by atoms with Crippen LogP contribution in [0.2, 0.25) is 0 Å². The van der Waals surface area contributed by atoms with Gasteiger partial charge in [0.2, 0.25) is 0 Å². The standard InChI is InChI=1S/C24H27BrN2O3/c1-2-29-24(28)14-17-8-6-7-11-23(17)30-16-21-20-15-18(25)12-13-22(20)27(26-21)19-9-4-3-5-10-19/h6-8,11-13,15,19H,2-5,9-10,14,16H2,1H3. The molecule has 0 unspecified atom stereocenters.